The lowest BCUT2D eigenvalue weighted by atomic mass is 9.48. The molecule has 4 saturated carbocycles. The third kappa shape index (κ3) is 4.28. The lowest BCUT2D eigenvalue weighted by Gasteiger charge is -2.57. The van der Waals surface area contributed by atoms with Crippen LogP contribution in [0, 0.1) is 17.8 Å². The Morgan fingerprint density at radius 1 is 1.18 bits per heavy atom. The number of thioether (sulfide) groups is 1. The van der Waals surface area contributed by atoms with E-state index in [-0.39, 0.29) is 18.1 Å². The van der Waals surface area contributed by atoms with Crippen molar-refractivity contribution in [3.8, 4) is 5.75 Å². The standard InChI is InChI=1S/C27H33NO5S/c1-4-16(2)33-24(29)15-28-25(30)23(34-26(28)31)11-20-10-21(5-6-22(20)32-3)27-12-17-7-18(13-27)9-19(8-17)14-27/h5-6,10-11,16-19H,4,7-9,12-15H2,1-3H3/b23-11+/t16-,17?,18?,19?,27?/m1/s1. The normalized spacial score (nSPS) is 31.9. The van der Waals surface area contributed by atoms with Crippen molar-refractivity contribution in [2.24, 2.45) is 17.8 Å². The van der Waals surface area contributed by atoms with Gasteiger partial charge in [-0.05, 0) is 111 Å². The van der Waals surface area contributed by atoms with E-state index in [1.807, 2.05) is 13.0 Å². The summed E-state index contributed by atoms with van der Waals surface area (Å²) in [6, 6.07) is 6.35. The van der Waals surface area contributed by atoms with Gasteiger partial charge >= 0.3 is 5.97 Å². The number of carbonyl (C=O) groups excluding carboxylic acids is 3. The predicted molar refractivity (Wildman–Crippen MR) is 131 cm³/mol. The van der Waals surface area contributed by atoms with Crippen molar-refractivity contribution in [3.63, 3.8) is 0 Å². The molecule has 5 aliphatic rings. The van der Waals surface area contributed by atoms with E-state index < -0.39 is 17.1 Å². The number of benzene rings is 1. The molecule has 0 unspecified atom stereocenters. The number of hydrogen-bond donors (Lipinski definition) is 0. The molecular formula is C27H33NO5S. The van der Waals surface area contributed by atoms with Gasteiger partial charge in [0.15, 0.2) is 0 Å². The van der Waals surface area contributed by atoms with Gasteiger partial charge in [0.1, 0.15) is 12.3 Å². The number of nitrogens with zero attached hydrogens (tertiary/aromatic N) is 1. The second-order valence-electron chi connectivity index (χ2n) is 10.6. The fraction of sp³-hybridized carbons (Fsp3) is 0.593. The monoisotopic (exact) mass is 483 g/mol. The summed E-state index contributed by atoms with van der Waals surface area (Å²) in [5.41, 5.74) is 2.36. The van der Waals surface area contributed by atoms with Gasteiger partial charge in [-0.3, -0.25) is 19.3 Å². The molecule has 7 heteroatoms. The van der Waals surface area contributed by atoms with Crippen molar-refractivity contribution in [2.75, 3.05) is 13.7 Å². The van der Waals surface area contributed by atoms with Crippen LogP contribution in [-0.2, 0) is 19.7 Å². The molecule has 1 heterocycles. The summed E-state index contributed by atoms with van der Waals surface area (Å²) in [4.78, 5) is 38.9. The molecule has 4 aliphatic carbocycles. The number of methoxy groups -OCH3 is 1. The van der Waals surface area contributed by atoms with E-state index in [4.69, 9.17) is 9.47 Å². The maximum Gasteiger partial charge on any atom is 0.326 e. The quantitative estimate of drug-likeness (QED) is 0.374. The largest absolute Gasteiger partial charge is 0.496 e. The van der Waals surface area contributed by atoms with Crippen LogP contribution in [0.15, 0.2) is 23.1 Å². The van der Waals surface area contributed by atoms with Crippen molar-refractivity contribution >= 4 is 35.0 Å². The van der Waals surface area contributed by atoms with E-state index in [0.717, 1.165) is 40.0 Å². The Balaban J connectivity index is 1.40. The van der Waals surface area contributed by atoms with Crippen LogP contribution in [0.25, 0.3) is 6.08 Å². The first kappa shape index (κ1) is 23.5. The Morgan fingerprint density at radius 3 is 2.41 bits per heavy atom. The molecule has 4 bridgehead atoms. The summed E-state index contributed by atoms with van der Waals surface area (Å²) in [5, 5.41) is -0.450. The highest BCUT2D eigenvalue weighted by Crippen LogP contribution is 2.61. The number of rotatable bonds is 7. The van der Waals surface area contributed by atoms with Gasteiger partial charge in [-0.2, -0.15) is 0 Å². The first-order chi connectivity index (χ1) is 16.3. The van der Waals surface area contributed by atoms with E-state index in [1.54, 1.807) is 20.1 Å². The van der Waals surface area contributed by atoms with Crippen molar-refractivity contribution in [1.29, 1.82) is 0 Å². The van der Waals surface area contributed by atoms with Gasteiger partial charge in [-0.25, -0.2) is 0 Å². The van der Waals surface area contributed by atoms with Crippen LogP contribution in [0.4, 0.5) is 4.79 Å². The van der Waals surface area contributed by atoms with Crippen LogP contribution in [-0.4, -0.2) is 41.8 Å². The van der Waals surface area contributed by atoms with E-state index in [0.29, 0.717) is 17.1 Å². The lowest BCUT2D eigenvalue weighted by Crippen LogP contribution is -2.48. The Labute approximate surface area is 205 Å². The van der Waals surface area contributed by atoms with Crippen LogP contribution in [0.2, 0.25) is 0 Å². The van der Waals surface area contributed by atoms with Gasteiger partial charge in [0.2, 0.25) is 0 Å². The van der Waals surface area contributed by atoms with Crippen LogP contribution in [0.1, 0.15) is 69.9 Å². The Bertz CT molecular complexity index is 1010. The number of ether oxygens (including phenoxy) is 2. The lowest BCUT2D eigenvalue weighted by molar-refractivity contribution is -0.150. The average Bonchev–Trinajstić information content (AvgIpc) is 3.05. The van der Waals surface area contributed by atoms with Gasteiger partial charge in [0.05, 0.1) is 18.1 Å². The minimum absolute atomic E-state index is 0.225. The molecule has 1 saturated heterocycles. The number of hydrogen-bond acceptors (Lipinski definition) is 6. The predicted octanol–water partition coefficient (Wildman–Crippen LogP) is 5.54. The third-order valence-electron chi connectivity index (χ3n) is 8.24. The minimum Gasteiger partial charge on any atom is -0.496 e. The molecule has 182 valence electrons. The number of carbonyl (C=O) groups is 3. The van der Waals surface area contributed by atoms with Gasteiger partial charge in [-0.15, -0.1) is 0 Å². The molecule has 0 radical (unpaired) electrons. The highest BCUT2D eigenvalue weighted by Gasteiger charge is 2.51. The van der Waals surface area contributed by atoms with Gasteiger partial charge < -0.3 is 9.47 Å². The summed E-state index contributed by atoms with van der Waals surface area (Å²) >= 11 is 0.863. The zero-order valence-electron chi connectivity index (χ0n) is 20.2. The molecule has 1 aliphatic heterocycles. The summed E-state index contributed by atoms with van der Waals surface area (Å²) in [6.45, 7) is 3.33. The smallest absolute Gasteiger partial charge is 0.326 e. The van der Waals surface area contributed by atoms with Crippen LogP contribution >= 0.6 is 11.8 Å². The molecule has 5 fully saturated rings. The zero-order chi connectivity index (χ0) is 24.0. The molecule has 1 aromatic carbocycles. The van der Waals surface area contributed by atoms with Gasteiger partial charge in [0.25, 0.3) is 11.1 Å². The molecule has 0 N–H and O–H groups in total. The summed E-state index contributed by atoms with van der Waals surface area (Å²) < 4.78 is 10.8. The highest BCUT2D eigenvalue weighted by molar-refractivity contribution is 8.18. The fourth-order valence-electron chi connectivity index (χ4n) is 6.89. The molecule has 0 aromatic heterocycles. The van der Waals surface area contributed by atoms with Crippen molar-refractivity contribution < 1.29 is 23.9 Å². The summed E-state index contributed by atoms with van der Waals surface area (Å²) in [7, 11) is 1.62. The van der Waals surface area contributed by atoms with Gasteiger partial charge in [-0.1, -0.05) is 13.0 Å². The number of amides is 2. The van der Waals surface area contributed by atoms with Crippen LogP contribution < -0.4 is 4.74 Å². The number of imide groups is 1. The topological polar surface area (TPSA) is 72.9 Å². The SMILES string of the molecule is CC[C@@H](C)OC(=O)CN1C(=O)S/C(=C/c2cc(C34CC5CC(CC(C5)C3)C4)ccc2OC)C1=O. The van der Waals surface area contributed by atoms with Gasteiger partial charge in [0, 0.05) is 5.56 Å². The van der Waals surface area contributed by atoms with Crippen LogP contribution in [0.3, 0.4) is 0 Å². The summed E-state index contributed by atoms with van der Waals surface area (Å²) in [6.07, 6.45) is 10.1. The molecule has 34 heavy (non-hydrogen) atoms. The zero-order valence-corrected chi connectivity index (χ0v) is 21.0. The molecule has 6 nitrogen and oxygen atoms in total. The van der Waals surface area contributed by atoms with E-state index in [2.05, 4.69) is 12.1 Å². The van der Waals surface area contributed by atoms with Crippen molar-refractivity contribution in [2.45, 2.75) is 70.3 Å². The second-order valence-corrected chi connectivity index (χ2v) is 11.6. The second kappa shape index (κ2) is 9.06. The average molecular weight is 484 g/mol. The van der Waals surface area contributed by atoms with Crippen LogP contribution in [0.5, 0.6) is 5.75 Å². The molecule has 1 aromatic rings. The maximum atomic E-state index is 13.0. The van der Waals surface area contributed by atoms with E-state index >= 15 is 0 Å². The Hall–Kier alpha value is -2.28. The molecule has 2 amide bonds. The van der Waals surface area contributed by atoms with E-state index in [9.17, 15) is 14.4 Å². The highest BCUT2D eigenvalue weighted by atomic mass is 32.2. The minimum atomic E-state index is -0.570. The molecule has 1 atom stereocenters. The molecule has 0 spiro atoms. The third-order valence-corrected chi connectivity index (χ3v) is 9.14. The fourth-order valence-corrected chi connectivity index (χ4v) is 7.72. The Morgan fingerprint density at radius 2 is 1.82 bits per heavy atom. The number of esters is 1. The molecular weight excluding hydrogens is 450 g/mol. The van der Waals surface area contributed by atoms with Crippen molar-refractivity contribution in [3.05, 3.63) is 34.2 Å². The van der Waals surface area contributed by atoms with E-state index in [1.165, 1.54) is 44.1 Å². The maximum absolute atomic E-state index is 13.0. The van der Waals surface area contributed by atoms with Crippen molar-refractivity contribution in [1.82, 2.24) is 4.90 Å². The first-order valence-corrected chi connectivity index (χ1v) is 13.2. The molecule has 6 rings (SSSR count). The summed E-state index contributed by atoms with van der Waals surface area (Å²) in [5.74, 6) is 2.16. The first-order valence-electron chi connectivity index (χ1n) is 12.4. The Kier molecular flexibility index (Phi) is 6.25.